The number of rotatable bonds is 6. The van der Waals surface area contributed by atoms with Gasteiger partial charge in [0.1, 0.15) is 13.1 Å². The van der Waals surface area contributed by atoms with Crippen molar-refractivity contribution in [3.05, 3.63) is 41.5 Å². The SMILES string of the molecule is Cc1ccc(/C=C/C(=O)NCCC[NH+]2CCOCC2)cc1. The second kappa shape index (κ2) is 8.60. The van der Waals surface area contributed by atoms with Gasteiger partial charge in [-0.1, -0.05) is 29.8 Å². The highest BCUT2D eigenvalue weighted by Gasteiger charge is 2.12. The van der Waals surface area contributed by atoms with Crippen molar-refractivity contribution in [2.75, 3.05) is 39.4 Å². The third kappa shape index (κ3) is 6.10. The molecule has 0 atom stereocenters. The van der Waals surface area contributed by atoms with E-state index in [1.165, 1.54) is 5.56 Å². The van der Waals surface area contributed by atoms with Gasteiger partial charge in [-0.25, -0.2) is 0 Å². The lowest BCUT2D eigenvalue weighted by atomic mass is 10.1. The van der Waals surface area contributed by atoms with Crippen LogP contribution in [0.1, 0.15) is 17.5 Å². The monoisotopic (exact) mass is 289 g/mol. The molecule has 0 bridgehead atoms. The van der Waals surface area contributed by atoms with Crippen LogP contribution in [0.5, 0.6) is 0 Å². The summed E-state index contributed by atoms with van der Waals surface area (Å²) in [7, 11) is 0. The molecule has 1 aliphatic heterocycles. The van der Waals surface area contributed by atoms with Crippen molar-refractivity contribution in [2.45, 2.75) is 13.3 Å². The molecule has 0 aliphatic carbocycles. The number of carbonyl (C=O) groups is 1. The van der Waals surface area contributed by atoms with Gasteiger partial charge in [0.25, 0.3) is 0 Å². The second-order valence-electron chi connectivity index (χ2n) is 5.50. The third-order valence-corrected chi connectivity index (χ3v) is 3.71. The number of morpholine rings is 1. The van der Waals surface area contributed by atoms with Crippen LogP contribution in [-0.4, -0.2) is 45.3 Å². The first-order valence-electron chi connectivity index (χ1n) is 7.68. The predicted molar refractivity (Wildman–Crippen MR) is 84.2 cm³/mol. The Kier molecular flexibility index (Phi) is 6.44. The van der Waals surface area contributed by atoms with E-state index in [4.69, 9.17) is 4.74 Å². The first-order chi connectivity index (χ1) is 10.2. The minimum absolute atomic E-state index is 0.0208. The number of aryl methyl sites for hydroxylation is 1. The summed E-state index contributed by atoms with van der Waals surface area (Å²) in [6.45, 7) is 7.79. The number of hydrogen-bond acceptors (Lipinski definition) is 2. The molecular weight excluding hydrogens is 264 g/mol. The topological polar surface area (TPSA) is 42.8 Å². The van der Waals surface area contributed by atoms with Crippen LogP contribution in [0.25, 0.3) is 6.08 Å². The normalized spacial score (nSPS) is 16.2. The third-order valence-electron chi connectivity index (χ3n) is 3.71. The van der Waals surface area contributed by atoms with Crippen LogP contribution >= 0.6 is 0 Å². The summed E-state index contributed by atoms with van der Waals surface area (Å²) in [5.74, 6) is -0.0208. The minimum Gasteiger partial charge on any atom is -0.370 e. The fourth-order valence-corrected chi connectivity index (χ4v) is 2.37. The van der Waals surface area contributed by atoms with Crippen molar-refractivity contribution in [2.24, 2.45) is 0 Å². The molecule has 1 aromatic carbocycles. The first-order valence-corrected chi connectivity index (χ1v) is 7.68. The molecule has 0 spiro atoms. The number of amides is 1. The Morgan fingerprint density at radius 3 is 2.71 bits per heavy atom. The molecule has 4 heteroatoms. The van der Waals surface area contributed by atoms with E-state index in [0.29, 0.717) is 0 Å². The van der Waals surface area contributed by atoms with E-state index in [-0.39, 0.29) is 5.91 Å². The highest BCUT2D eigenvalue weighted by Crippen LogP contribution is 2.04. The van der Waals surface area contributed by atoms with E-state index in [1.807, 2.05) is 30.3 Å². The van der Waals surface area contributed by atoms with Crippen molar-refractivity contribution in [1.82, 2.24) is 5.32 Å². The number of carbonyl (C=O) groups excluding carboxylic acids is 1. The first kappa shape index (κ1) is 15.7. The molecule has 1 aliphatic rings. The molecule has 1 fully saturated rings. The van der Waals surface area contributed by atoms with Crippen LogP contribution in [0.15, 0.2) is 30.3 Å². The van der Waals surface area contributed by atoms with Gasteiger partial charge >= 0.3 is 0 Å². The van der Waals surface area contributed by atoms with Crippen LogP contribution < -0.4 is 10.2 Å². The average Bonchev–Trinajstić information content (AvgIpc) is 2.52. The number of benzene rings is 1. The standard InChI is InChI=1S/C17H24N2O2/c1-15-3-5-16(6-4-15)7-8-17(20)18-9-2-10-19-11-13-21-14-12-19/h3-8H,2,9-14H2,1H3,(H,18,20)/p+1/b8-7+. The largest absolute Gasteiger partial charge is 0.370 e. The Labute approximate surface area is 126 Å². The van der Waals surface area contributed by atoms with E-state index >= 15 is 0 Å². The van der Waals surface area contributed by atoms with Crippen LogP contribution in [-0.2, 0) is 9.53 Å². The summed E-state index contributed by atoms with van der Waals surface area (Å²) in [6.07, 6.45) is 4.47. The average molecular weight is 289 g/mol. The Morgan fingerprint density at radius 1 is 1.29 bits per heavy atom. The Hall–Kier alpha value is -1.65. The van der Waals surface area contributed by atoms with Crippen molar-refractivity contribution in [1.29, 1.82) is 0 Å². The maximum Gasteiger partial charge on any atom is 0.244 e. The van der Waals surface area contributed by atoms with Crippen molar-refractivity contribution >= 4 is 12.0 Å². The Balaban J connectivity index is 1.61. The van der Waals surface area contributed by atoms with Gasteiger partial charge in [0.15, 0.2) is 0 Å². The van der Waals surface area contributed by atoms with Gasteiger partial charge in [-0.3, -0.25) is 4.79 Å². The van der Waals surface area contributed by atoms with Gasteiger partial charge in [-0.05, 0) is 18.6 Å². The number of hydrogen-bond donors (Lipinski definition) is 2. The predicted octanol–water partition coefficient (Wildman–Crippen LogP) is 0.430. The zero-order chi connectivity index (χ0) is 14.9. The minimum atomic E-state index is -0.0208. The lowest BCUT2D eigenvalue weighted by Gasteiger charge is -2.23. The fourth-order valence-electron chi connectivity index (χ4n) is 2.37. The molecule has 0 saturated carbocycles. The van der Waals surface area contributed by atoms with E-state index in [9.17, 15) is 4.79 Å². The zero-order valence-corrected chi connectivity index (χ0v) is 12.7. The fraction of sp³-hybridized carbons (Fsp3) is 0.471. The van der Waals surface area contributed by atoms with E-state index in [1.54, 1.807) is 11.0 Å². The van der Waals surface area contributed by atoms with E-state index in [2.05, 4.69) is 12.2 Å². The molecule has 1 aromatic rings. The molecule has 1 amide bonds. The molecule has 114 valence electrons. The lowest BCUT2D eigenvalue weighted by Crippen LogP contribution is -3.14. The molecule has 0 aromatic heterocycles. The molecule has 21 heavy (non-hydrogen) atoms. The van der Waals surface area contributed by atoms with Crippen molar-refractivity contribution in [3.63, 3.8) is 0 Å². The number of ether oxygens (including phenoxy) is 1. The summed E-state index contributed by atoms with van der Waals surface area (Å²) in [4.78, 5) is 13.3. The maximum atomic E-state index is 11.7. The number of nitrogens with one attached hydrogen (secondary N) is 2. The quantitative estimate of drug-likeness (QED) is 0.589. The summed E-state index contributed by atoms with van der Waals surface area (Å²) < 4.78 is 5.33. The van der Waals surface area contributed by atoms with Crippen molar-refractivity contribution in [3.8, 4) is 0 Å². The van der Waals surface area contributed by atoms with Crippen LogP contribution in [0.4, 0.5) is 0 Å². The highest BCUT2D eigenvalue weighted by atomic mass is 16.5. The van der Waals surface area contributed by atoms with Gasteiger partial charge in [-0.2, -0.15) is 0 Å². The smallest absolute Gasteiger partial charge is 0.244 e. The lowest BCUT2D eigenvalue weighted by molar-refractivity contribution is -0.908. The Bertz CT molecular complexity index is 462. The van der Waals surface area contributed by atoms with Gasteiger partial charge in [-0.15, -0.1) is 0 Å². The molecule has 1 heterocycles. The van der Waals surface area contributed by atoms with Gasteiger partial charge in [0.05, 0.1) is 19.8 Å². The van der Waals surface area contributed by atoms with Gasteiger partial charge in [0.2, 0.25) is 5.91 Å². The van der Waals surface area contributed by atoms with Gasteiger partial charge < -0.3 is 15.0 Å². The number of quaternary nitrogens is 1. The van der Waals surface area contributed by atoms with Gasteiger partial charge in [0, 0.05) is 19.0 Å². The van der Waals surface area contributed by atoms with Crippen LogP contribution in [0.3, 0.4) is 0 Å². The van der Waals surface area contributed by atoms with Crippen LogP contribution in [0.2, 0.25) is 0 Å². The molecule has 0 radical (unpaired) electrons. The molecule has 2 rings (SSSR count). The Morgan fingerprint density at radius 2 is 2.00 bits per heavy atom. The highest BCUT2D eigenvalue weighted by molar-refractivity contribution is 5.91. The summed E-state index contributed by atoms with van der Waals surface area (Å²) in [5.41, 5.74) is 2.27. The van der Waals surface area contributed by atoms with Crippen molar-refractivity contribution < 1.29 is 14.4 Å². The van der Waals surface area contributed by atoms with E-state index < -0.39 is 0 Å². The van der Waals surface area contributed by atoms with E-state index in [0.717, 1.165) is 51.4 Å². The molecular formula is C17H25N2O2+. The molecule has 4 nitrogen and oxygen atoms in total. The molecule has 0 unspecified atom stereocenters. The summed E-state index contributed by atoms with van der Waals surface area (Å²) in [6, 6.07) is 8.12. The second-order valence-corrected chi connectivity index (χ2v) is 5.50. The maximum absolute atomic E-state index is 11.7. The zero-order valence-electron chi connectivity index (χ0n) is 12.7. The summed E-state index contributed by atoms with van der Waals surface area (Å²) >= 11 is 0. The molecule has 1 saturated heterocycles. The van der Waals surface area contributed by atoms with Crippen LogP contribution in [0, 0.1) is 6.92 Å². The summed E-state index contributed by atoms with van der Waals surface area (Å²) in [5, 5.41) is 2.93. The molecule has 2 N–H and O–H groups in total.